The molecule has 0 amide bonds. The van der Waals surface area contributed by atoms with Crippen LogP contribution >= 0.6 is 0 Å². The summed E-state index contributed by atoms with van der Waals surface area (Å²) in [6.07, 6.45) is 14.3. The summed E-state index contributed by atoms with van der Waals surface area (Å²) in [6, 6.07) is 1.19. The van der Waals surface area contributed by atoms with Crippen LogP contribution < -0.4 is 5.32 Å². The number of aliphatic hydroxyl groups excluding tert-OH is 1. The van der Waals surface area contributed by atoms with Crippen LogP contribution in [0.5, 0.6) is 0 Å². The second kappa shape index (κ2) is 12.8. The van der Waals surface area contributed by atoms with Crippen molar-refractivity contribution in [3.05, 3.63) is 0 Å². The summed E-state index contributed by atoms with van der Waals surface area (Å²) in [4.78, 5) is 11.0. The summed E-state index contributed by atoms with van der Waals surface area (Å²) in [7, 11) is 1.45. The Morgan fingerprint density at radius 2 is 1.74 bits per heavy atom. The highest BCUT2D eigenvalue weighted by Crippen LogP contribution is 2.24. The highest BCUT2D eigenvalue weighted by Gasteiger charge is 2.36. The Morgan fingerprint density at radius 3 is 2.48 bits per heavy atom. The number of esters is 1. The average molecular weight is 328 g/mol. The van der Waals surface area contributed by atoms with Crippen molar-refractivity contribution in [2.24, 2.45) is 0 Å². The van der Waals surface area contributed by atoms with Crippen LogP contribution in [-0.2, 0) is 9.53 Å². The molecule has 1 aliphatic heterocycles. The lowest BCUT2D eigenvalue weighted by molar-refractivity contribution is -0.140. The lowest BCUT2D eigenvalue weighted by Gasteiger charge is -2.09. The molecular formula is C19H37NO3. The number of nitrogens with one attached hydrogen (secondary N) is 1. The number of hydrogen-bond donors (Lipinski definition) is 2. The van der Waals surface area contributed by atoms with Crippen LogP contribution in [0.3, 0.4) is 0 Å². The number of unbranched alkanes of at least 4 members (excludes halogenated alkanes) is 7. The molecule has 0 radical (unpaired) electrons. The number of ether oxygens (including phenoxy) is 1. The van der Waals surface area contributed by atoms with Crippen LogP contribution in [0.25, 0.3) is 0 Å². The molecule has 136 valence electrons. The minimum absolute atomic E-state index is 0.0942. The third-order valence-electron chi connectivity index (χ3n) is 4.85. The van der Waals surface area contributed by atoms with Crippen LogP contribution in [-0.4, -0.2) is 36.4 Å². The van der Waals surface area contributed by atoms with Crippen molar-refractivity contribution in [1.29, 1.82) is 0 Å². The van der Waals surface area contributed by atoms with Gasteiger partial charge in [0.15, 0.2) is 0 Å². The lowest BCUT2D eigenvalue weighted by Crippen LogP contribution is -2.11. The predicted octanol–water partition coefficient (Wildman–Crippen LogP) is 3.95. The van der Waals surface area contributed by atoms with Crippen molar-refractivity contribution in [3.63, 3.8) is 0 Å². The van der Waals surface area contributed by atoms with Crippen molar-refractivity contribution in [2.45, 2.75) is 109 Å². The monoisotopic (exact) mass is 327 g/mol. The van der Waals surface area contributed by atoms with Crippen LogP contribution in [0.15, 0.2) is 0 Å². The maximum atomic E-state index is 11.0. The van der Waals surface area contributed by atoms with E-state index in [9.17, 15) is 9.90 Å². The van der Waals surface area contributed by atoms with E-state index in [-0.39, 0.29) is 12.1 Å². The van der Waals surface area contributed by atoms with Gasteiger partial charge in [-0.2, -0.15) is 0 Å². The van der Waals surface area contributed by atoms with Gasteiger partial charge in [-0.3, -0.25) is 4.79 Å². The van der Waals surface area contributed by atoms with Crippen molar-refractivity contribution < 1.29 is 14.6 Å². The second-order valence-corrected chi connectivity index (χ2v) is 7.00. The number of rotatable bonds is 15. The smallest absolute Gasteiger partial charge is 0.305 e. The highest BCUT2D eigenvalue weighted by molar-refractivity contribution is 5.68. The average Bonchev–Trinajstić information content (AvgIpc) is 3.28. The van der Waals surface area contributed by atoms with E-state index in [2.05, 4.69) is 17.0 Å². The van der Waals surface area contributed by atoms with E-state index in [0.29, 0.717) is 18.5 Å². The molecule has 0 aromatic heterocycles. The Balaban J connectivity index is 1.86. The summed E-state index contributed by atoms with van der Waals surface area (Å²) in [5.74, 6) is -0.0942. The van der Waals surface area contributed by atoms with Crippen molar-refractivity contribution in [1.82, 2.24) is 5.32 Å². The van der Waals surface area contributed by atoms with Crippen molar-refractivity contribution >= 4 is 5.97 Å². The SMILES string of the molecule is CCCCCC[C@@H](O)C[C@H]1N[C@H]1CCCCCCCC(=O)OC. The largest absolute Gasteiger partial charge is 0.469 e. The molecule has 2 N–H and O–H groups in total. The van der Waals surface area contributed by atoms with Gasteiger partial charge in [-0.25, -0.2) is 0 Å². The fourth-order valence-electron chi connectivity index (χ4n) is 3.22. The van der Waals surface area contributed by atoms with E-state index in [1.54, 1.807) is 0 Å². The standard InChI is InChI=1S/C19H37NO3/c1-3-4-5-9-12-16(21)15-18-17(20-18)13-10-7-6-8-11-14-19(22)23-2/h16-18,20-21H,3-15H2,1-2H3/t16-,17+,18-/m1/s1. The fourth-order valence-corrected chi connectivity index (χ4v) is 3.22. The van der Waals surface area contributed by atoms with E-state index in [4.69, 9.17) is 0 Å². The molecule has 0 saturated carbocycles. The first-order chi connectivity index (χ1) is 11.2. The summed E-state index contributed by atoms with van der Waals surface area (Å²) in [6.45, 7) is 2.22. The lowest BCUT2D eigenvalue weighted by atomic mass is 10.0. The Labute approximate surface area is 142 Å². The predicted molar refractivity (Wildman–Crippen MR) is 94.4 cm³/mol. The van der Waals surface area contributed by atoms with E-state index in [1.165, 1.54) is 52.1 Å². The summed E-state index contributed by atoms with van der Waals surface area (Å²) in [5, 5.41) is 13.5. The number of carbonyl (C=O) groups is 1. The van der Waals surface area contributed by atoms with Gasteiger partial charge in [-0.1, -0.05) is 58.3 Å². The topological polar surface area (TPSA) is 68.5 Å². The van der Waals surface area contributed by atoms with E-state index in [0.717, 1.165) is 32.1 Å². The van der Waals surface area contributed by atoms with Crippen molar-refractivity contribution in [3.8, 4) is 0 Å². The molecule has 0 spiro atoms. The second-order valence-electron chi connectivity index (χ2n) is 7.00. The molecule has 3 atom stereocenters. The van der Waals surface area contributed by atoms with E-state index >= 15 is 0 Å². The zero-order valence-corrected chi connectivity index (χ0v) is 15.2. The summed E-state index contributed by atoms with van der Waals surface area (Å²) < 4.78 is 4.63. The number of aliphatic hydroxyl groups is 1. The van der Waals surface area contributed by atoms with Gasteiger partial charge in [0.2, 0.25) is 0 Å². The Bertz CT molecular complexity index is 309. The van der Waals surface area contributed by atoms with Gasteiger partial charge in [0.25, 0.3) is 0 Å². The Hall–Kier alpha value is -0.610. The molecule has 0 aromatic carbocycles. The van der Waals surface area contributed by atoms with Gasteiger partial charge in [0, 0.05) is 18.5 Å². The molecule has 0 aliphatic carbocycles. The Morgan fingerprint density at radius 1 is 1.04 bits per heavy atom. The molecule has 1 saturated heterocycles. The van der Waals surface area contributed by atoms with Crippen LogP contribution in [0, 0.1) is 0 Å². The first kappa shape index (κ1) is 20.4. The third kappa shape index (κ3) is 10.7. The van der Waals surface area contributed by atoms with E-state index < -0.39 is 0 Å². The third-order valence-corrected chi connectivity index (χ3v) is 4.85. The minimum atomic E-state index is -0.118. The van der Waals surface area contributed by atoms with Gasteiger partial charge in [0.1, 0.15) is 0 Å². The van der Waals surface area contributed by atoms with Gasteiger partial charge in [-0.15, -0.1) is 0 Å². The Kier molecular flexibility index (Phi) is 11.3. The first-order valence-electron chi connectivity index (χ1n) is 9.68. The fraction of sp³-hybridized carbons (Fsp3) is 0.947. The van der Waals surface area contributed by atoms with Crippen molar-refractivity contribution in [2.75, 3.05) is 7.11 Å². The highest BCUT2D eigenvalue weighted by atomic mass is 16.5. The quantitative estimate of drug-likeness (QED) is 0.271. The maximum absolute atomic E-state index is 11.0. The maximum Gasteiger partial charge on any atom is 0.305 e. The molecule has 4 nitrogen and oxygen atoms in total. The normalized spacial score (nSPS) is 21.2. The number of hydrogen-bond acceptors (Lipinski definition) is 4. The van der Waals surface area contributed by atoms with Gasteiger partial charge in [0.05, 0.1) is 13.2 Å². The molecule has 1 rings (SSSR count). The first-order valence-corrected chi connectivity index (χ1v) is 9.68. The van der Waals surface area contributed by atoms with Gasteiger partial charge < -0.3 is 15.2 Å². The minimum Gasteiger partial charge on any atom is -0.469 e. The number of carbonyl (C=O) groups excluding carboxylic acids is 1. The molecular weight excluding hydrogens is 290 g/mol. The molecule has 1 fully saturated rings. The molecule has 0 unspecified atom stereocenters. The number of methoxy groups -OCH3 is 1. The zero-order valence-electron chi connectivity index (χ0n) is 15.2. The van der Waals surface area contributed by atoms with Crippen LogP contribution in [0.4, 0.5) is 0 Å². The summed E-state index contributed by atoms with van der Waals surface area (Å²) >= 11 is 0. The molecule has 1 heterocycles. The molecule has 0 bridgehead atoms. The molecule has 1 aliphatic rings. The van der Waals surface area contributed by atoms with Gasteiger partial charge in [-0.05, 0) is 25.7 Å². The molecule has 0 aromatic rings. The van der Waals surface area contributed by atoms with Gasteiger partial charge >= 0.3 is 5.97 Å². The van der Waals surface area contributed by atoms with Crippen LogP contribution in [0.1, 0.15) is 90.4 Å². The van der Waals surface area contributed by atoms with E-state index in [1.807, 2.05) is 0 Å². The molecule has 23 heavy (non-hydrogen) atoms. The zero-order chi connectivity index (χ0) is 16.9. The molecule has 4 heteroatoms. The summed E-state index contributed by atoms with van der Waals surface area (Å²) in [5.41, 5.74) is 0. The van der Waals surface area contributed by atoms with Crippen LogP contribution in [0.2, 0.25) is 0 Å².